The second-order valence-electron chi connectivity index (χ2n) is 6.09. The van der Waals surface area contributed by atoms with Crippen molar-refractivity contribution in [2.75, 3.05) is 10.6 Å². The first-order valence-corrected chi connectivity index (χ1v) is 8.02. The molecule has 0 bridgehead atoms. The monoisotopic (exact) mass is 339 g/mol. The van der Waals surface area contributed by atoms with Crippen molar-refractivity contribution in [2.24, 2.45) is 7.05 Å². The van der Waals surface area contributed by atoms with E-state index in [1.807, 2.05) is 44.8 Å². The van der Waals surface area contributed by atoms with Gasteiger partial charge in [-0.25, -0.2) is 4.79 Å². The number of amides is 2. The number of rotatable bonds is 4. The summed E-state index contributed by atoms with van der Waals surface area (Å²) in [7, 11) is 1.83. The van der Waals surface area contributed by atoms with Crippen molar-refractivity contribution in [3.05, 3.63) is 42.5 Å². The summed E-state index contributed by atoms with van der Waals surface area (Å²) in [5.74, 6) is 0.510. The van der Waals surface area contributed by atoms with Gasteiger partial charge in [0.05, 0.1) is 17.6 Å². The highest BCUT2D eigenvalue weighted by Gasteiger charge is 2.13. The molecule has 0 spiro atoms. The normalized spacial score (nSPS) is 10.9. The summed E-state index contributed by atoms with van der Waals surface area (Å²) in [5.41, 5.74) is 3.09. The van der Waals surface area contributed by atoms with Crippen LogP contribution in [-0.2, 0) is 7.05 Å². The highest BCUT2D eigenvalue weighted by molar-refractivity contribution is 6.01. The number of nitrogens with zero attached hydrogens (tertiary/aromatic N) is 5. The van der Waals surface area contributed by atoms with Gasteiger partial charge in [0.1, 0.15) is 0 Å². The molecule has 3 heterocycles. The van der Waals surface area contributed by atoms with Gasteiger partial charge in [0.15, 0.2) is 5.82 Å². The lowest BCUT2D eigenvalue weighted by Crippen LogP contribution is -2.20. The number of carbonyl (C=O) groups is 1. The Kier molecular flexibility index (Phi) is 4.51. The topological polar surface area (TPSA) is 89.7 Å². The number of pyridine rings is 1. The maximum absolute atomic E-state index is 12.3. The second-order valence-corrected chi connectivity index (χ2v) is 6.09. The van der Waals surface area contributed by atoms with Crippen molar-refractivity contribution in [3.63, 3.8) is 0 Å². The zero-order chi connectivity index (χ0) is 18.0. The summed E-state index contributed by atoms with van der Waals surface area (Å²) >= 11 is 0. The fourth-order valence-corrected chi connectivity index (χ4v) is 2.62. The predicted molar refractivity (Wildman–Crippen MR) is 96.4 cm³/mol. The second kappa shape index (κ2) is 6.76. The van der Waals surface area contributed by atoms with E-state index in [0.29, 0.717) is 17.2 Å². The number of carbonyl (C=O) groups excluding carboxylic acids is 1. The van der Waals surface area contributed by atoms with Gasteiger partial charge in [0.2, 0.25) is 0 Å². The minimum absolute atomic E-state index is 0.231. The van der Waals surface area contributed by atoms with Crippen LogP contribution in [0, 0.1) is 6.92 Å². The van der Waals surface area contributed by atoms with E-state index in [1.165, 1.54) is 0 Å². The van der Waals surface area contributed by atoms with Crippen LogP contribution in [0.25, 0.3) is 11.3 Å². The molecule has 3 aromatic heterocycles. The molecular formula is C17H21N7O. The van der Waals surface area contributed by atoms with Crippen LogP contribution in [0.1, 0.15) is 25.6 Å². The summed E-state index contributed by atoms with van der Waals surface area (Å²) in [6.07, 6.45) is 5.23. The first-order valence-electron chi connectivity index (χ1n) is 8.02. The van der Waals surface area contributed by atoms with Gasteiger partial charge in [0.25, 0.3) is 0 Å². The highest BCUT2D eigenvalue weighted by Crippen LogP contribution is 2.25. The van der Waals surface area contributed by atoms with Crippen molar-refractivity contribution < 1.29 is 4.79 Å². The van der Waals surface area contributed by atoms with E-state index in [4.69, 9.17) is 0 Å². The number of anilines is 2. The summed E-state index contributed by atoms with van der Waals surface area (Å²) in [4.78, 5) is 16.7. The van der Waals surface area contributed by atoms with Crippen LogP contribution < -0.4 is 10.6 Å². The van der Waals surface area contributed by atoms with Crippen LogP contribution in [0.5, 0.6) is 0 Å². The van der Waals surface area contributed by atoms with E-state index >= 15 is 0 Å². The Hall–Kier alpha value is -3.16. The number of hydrogen-bond donors (Lipinski definition) is 2. The molecule has 0 fully saturated rings. The van der Waals surface area contributed by atoms with Crippen LogP contribution in [0.2, 0.25) is 0 Å². The lowest BCUT2D eigenvalue weighted by atomic mass is 10.2. The lowest BCUT2D eigenvalue weighted by Gasteiger charge is -2.09. The lowest BCUT2D eigenvalue weighted by molar-refractivity contribution is 0.262. The molecule has 3 aromatic rings. The van der Waals surface area contributed by atoms with Crippen LogP contribution in [0.4, 0.5) is 16.3 Å². The van der Waals surface area contributed by atoms with Crippen LogP contribution in [0.15, 0.2) is 36.8 Å². The molecule has 2 N–H and O–H groups in total. The number of nitrogens with one attached hydrogen (secondary N) is 2. The molecule has 3 rings (SSSR count). The average Bonchev–Trinajstić information content (AvgIpc) is 3.13. The van der Waals surface area contributed by atoms with Gasteiger partial charge in [-0.2, -0.15) is 10.2 Å². The van der Waals surface area contributed by atoms with Gasteiger partial charge in [-0.3, -0.25) is 19.7 Å². The minimum Gasteiger partial charge on any atom is -0.306 e. The number of urea groups is 1. The maximum atomic E-state index is 12.3. The minimum atomic E-state index is -0.369. The smallest absolute Gasteiger partial charge is 0.306 e. The molecule has 0 aliphatic carbocycles. The molecule has 8 nitrogen and oxygen atoms in total. The first-order chi connectivity index (χ1) is 11.9. The van der Waals surface area contributed by atoms with E-state index in [9.17, 15) is 4.79 Å². The molecule has 0 unspecified atom stereocenters. The Morgan fingerprint density at radius 3 is 2.72 bits per heavy atom. The largest absolute Gasteiger partial charge is 0.324 e. The average molecular weight is 339 g/mol. The van der Waals surface area contributed by atoms with Crippen molar-refractivity contribution >= 4 is 17.5 Å². The Morgan fingerprint density at radius 2 is 2.08 bits per heavy atom. The highest BCUT2D eigenvalue weighted by atomic mass is 16.2. The fraction of sp³-hybridized carbons (Fsp3) is 0.294. The van der Waals surface area contributed by atoms with Crippen molar-refractivity contribution in [3.8, 4) is 11.3 Å². The zero-order valence-corrected chi connectivity index (χ0v) is 14.7. The zero-order valence-electron chi connectivity index (χ0n) is 14.7. The van der Waals surface area contributed by atoms with E-state index in [2.05, 4.69) is 25.8 Å². The first kappa shape index (κ1) is 16.7. The third kappa shape index (κ3) is 3.68. The van der Waals surface area contributed by atoms with Gasteiger partial charge >= 0.3 is 6.03 Å². The molecule has 0 aliphatic heterocycles. The molecule has 0 aromatic carbocycles. The third-order valence-corrected chi connectivity index (χ3v) is 3.69. The van der Waals surface area contributed by atoms with Crippen molar-refractivity contribution in [2.45, 2.75) is 26.8 Å². The Balaban J connectivity index is 1.77. The van der Waals surface area contributed by atoms with Gasteiger partial charge in [-0.1, -0.05) is 0 Å². The van der Waals surface area contributed by atoms with Crippen LogP contribution >= 0.6 is 0 Å². The summed E-state index contributed by atoms with van der Waals surface area (Å²) < 4.78 is 3.55. The maximum Gasteiger partial charge on any atom is 0.324 e. The van der Waals surface area contributed by atoms with Crippen LogP contribution in [0.3, 0.4) is 0 Å². The Morgan fingerprint density at radius 1 is 1.28 bits per heavy atom. The molecule has 0 saturated heterocycles. The van der Waals surface area contributed by atoms with Gasteiger partial charge < -0.3 is 5.32 Å². The fourth-order valence-electron chi connectivity index (χ4n) is 2.62. The molecule has 0 saturated carbocycles. The summed E-state index contributed by atoms with van der Waals surface area (Å²) in [5, 5.41) is 14.1. The molecule has 25 heavy (non-hydrogen) atoms. The molecule has 0 atom stereocenters. The standard InChI is InChI=1S/C17H21N7O/c1-11(2)24-12(3)8-15(22-24)21-17(25)20-14-6-5-7-18-16(14)13-9-19-23(4)10-13/h5-11H,1-4H3,(H2,20,21,22,25). The quantitative estimate of drug-likeness (QED) is 0.764. The van der Waals surface area contributed by atoms with Crippen molar-refractivity contribution in [1.29, 1.82) is 0 Å². The SMILES string of the molecule is Cc1cc(NC(=O)Nc2cccnc2-c2cnn(C)c2)nn1C(C)C. The van der Waals surface area contributed by atoms with E-state index in [0.717, 1.165) is 11.3 Å². The number of hydrogen-bond acceptors (Lipinski definition) is 4. The Labute approximate surface area is 145 Å². The Bertz CT molecular complexity index is 894. The van der Waals surface area contributed by atoms with Gasteiger partial charge in [-0.15, -0.1) is 0 Å². The van der Waals surface area contributed by atoms with Crippen molar-refractivity contribution in [1.82, 2.24) is 24.5 Å². The summed E-state index contributed by atoms with van der Waals surface area (Å²) in [6, 6.07) is 5.27. The molecule has 0 aliphatic rings. The third-order valence-electron chi connectivity index (χ3n) is 3.69. The summed E-state index contributed by atoms with van der Waals surface area (Å²) in [6.45, 7) is 6.04. The molecule has 8 heteroatoms. The molecule has 2 amide bonds. The van der Waals surface area contributed by atoms with E-state index in [-0.39, 0.29) is 12.1 Å². The number of aromatic nitrogens is 5. The van der Waals surface area contributed by atoms with E-state index in [1.54, 1.807) is 29.2 Å². The van der Waals surface area contributed by atoms with Crippen LogP contribution in [-0.4, -0.2) is 30.6 Å². The predicted octanol–water partition coefficient (Wildman–Crippen LogP) is 3.21. The van der Waals surface area contributed by atoms with Gasteiger partial charge in [0, 0.05) is 42.8 Å². The molecular weight excluding hydrogens is 318 g/mol. The molecule has 0 radical (unpaired) electrons. The number of aryl methyl sites for hydroxylation is 2. The van der Waals surface area contributed by atoms with E-state index < -0.39 is 0 Å². The van der Waals surface area contributed by atoms with Gasteiger partial charge in [-0.05, 0) is 32.9 Å². The molecule has 130 valence electrons.